The van der Waals surface area contributed by atoms with Crippen LogP contribution in [0.3, 0.4) is 0 Å². The normalized spacial score (nSPS) is 20.4. The second-order valence-electron chi connectivity index (χ2n) is 8.23. The molecule has 8 heteroatoms. The number of carbonyl (C=O) groups excluding carboxylic acids is 1. The average Bonchev–Trinajstić information content (AvgIpc) is 3.13. The fourth-order valence-electron chi connectivity index (χ4n) is 4.24. The molecule has 1 unspecified atom stereocenters. The molecule has 0 spiro atoms. The highest BCUT2D eigenvalue weighted by molar-refractivity contribution is 6.21. The lowest BCUT2D eigenvalue weighted by atomic mass is 10.0. The number of likely N-dealkylation sites (tertiary alicyclic amines) is 1. The summed E-state index contributed by atoms with van der Waals surface area (Å²) < 4.78 is 3.31. The van der Waals surface area contributed by atoms with E-state index >= 15 is 0 Å². The fraction of sp³-hybridized carbons (Fsp3) is 0.571. The molecule has 0 aromatic carbocycles. The number of likely N-dealkylation sites (N-methyl/N-ethyl adjacent to an activating group) is 1. The second kappa shape index (κ2) is 8.81. The molecule has 1 amide bonds. The molecule has 1 atom stereocenters. The highest BCUT2D eigenvalue weighted by Crippen LogP contribution is 2.21. The van der Waals surface area contributed by atoms with Crippen LogP contribution in [0.25, 0.3) is 5.69 Å². The van der Waals surface area contributed by atoms with Crippen molar-refractivity contribution in [2.75, 3.05) is 33.2 Å². The molecule has 1 fully saturated rings. The van der Waals surface area contributed by atoms with Gasteiger partial charge < -0.3 is 4.90 Å². The molecule has 0 saturated carbocycles. The van der Waals surface area contributed by atoms with Gasteiger partial charge in [0.1, 0.15) is 0 Å². The molecule has 2 aromatic heterocycles. The number of halogens is 1. The van der Waals surface area contributed by atoms with Crippen LogP contribution >= 0.6 is 11.8 Å². The van der Waals surface area contributed by atoms with Gasteiger partial charge in [0.05, 0.1) is 24.5 Å². The Labute approximate surface area is 177 Å². The number of pyridine rings is 1. The number of aromatic nitrogens is 3. The molecule has 29 heavy (non-hydrogen) atoms. The Morgan fingerprint density at radius 1 is 1.34 bits per heavy atom. The highest BCUT2D eigenvalue weighted by Gasteiger charge is 2.26. The van der Waals surface area contributed by atoms with Crippen LogP contribution in [0.2, 0.25) is 0 Å². The number of aryl methyl sites for hydroxylation is 1. The first-order valence-electron chi connectivity index (χ1n) is 10.4. The lowest BCUT2D eigenvalue weighted by Crippen LogP contribution is -2.46. The van der Waals surface area contributed by atoms with Crippen molar-refractivity contribution in [3.05, 3.63) is 41.5 Å². The zero-order chi connectivity index (χ0) is 20.4. The number of carbonyl (C=O) groups is 1. The van der Waals surface area contributed by atoms with E-state index in [1.54, 1.807) is 6.20 Å². The first-order chi connectivity index (χ1) is 14.0. The molecule has 7 nitrogen and oxygen atoms in total. The van der Waals surface area contributed by atoms with Gasteiger partial charge in [-0.2, -0.15) is 5.10 Å². The lowest BCUT2D eigenvalue weighted by Gasteiger charge is -2.34. The average molecular weight is 417 g/mol. The topological polar surface area (TPSA) is 57.5 Å². The Kier molecular flexibility index (Phi) is 6.18. The van der Waals surface area contributed by atoms with Crippen LogP contribution in [0.1, 0.15) is 36.2 Å². The third-order valence-corrected chi connectivity index (χ3v) is 6.33. The Hall–Kier alpha value is -1.96. The molecule has 156 valence electrons. The van der Waals surface area contributed by atoms with Crippen LogP contribution in [-0.4, -0.2) is 74.2 Å². The molecule has 1 saturated heterocycles. The quantitative estimate of drug-likeness (QED) is 0.700. The van der Waals surface area contributed by atoms with Gasteiger partial charge in [0, 0.05) is 61.0 Å². The molecule has 2 aromatic rings. The van der Waals surface area contributed by atoms with Crippen LogP contribution < -0.4 is 0 Å². The van der Waals surface area contributed by atoms with Crippen molar-refractivity contribution in [1.82, 2.24) is 29.0 Å². The number of piperidine rings is 1. The zero-order valence-corrected chi connectivity index (χ0v) is 18.0. The van der Waals surface area contributed by atoms with Gasteiger partial charge in [0.2, 0.25) is 0 Å². The van der Waals surface area contributed by atoms with Crippen LogP contribution in [0, 0.1) is 6.92 Å². The molecular weight excluding hydrogens is 388 g/mol. The smallest absolute Gasteiger partial charge is 0.251 e. The maximum Gasteiger partial charge on any atom is 0.251 e. The summed E-state index contributed by atoms with van der Waals surface area (Å²) in [7, 11) is 2.12. The van der Waals surface area contributed by atoms with E-state index in [0.29, 0.717) is 19.1 Å². The van der Waals surface area contributed by atoms with E-state index in [0.717, 1.165) is 49.6 Å². The zero-order valence-electron chi connectivity index (χ0n) is 17.2. The predicted molar refractivity (Wildman–Crippen MR) is 113 cm³/mol. The molecule has 4 heterocycles. The third kappa shape index (κ3) is 4.79. The first kappa shape index (κ1) is 20.3. The molecule has 2 aliphatic heterocycles. The summed E-state index contributed by atoms with van der Waals surface area (Å²) in [6, 6.07) is 4.34. The van der Waals surface area contributed by atoms with Gasteiger partial charge >= 0.3 is 0 Å². The maximum absolute atomic E-state index is 12.7. The number of nitrogens with zero attached hydrogens (tertiary/aromatic N) is 6. The van der Waals surface area contributed by atoms with Crippen molar-refractivity contribution in [2.45, 2.75) is 45.2 Å². The third-order valence-electron chi connectivity index (χ3n) is 6.00. The van der Waals surface area contributed by atoms with E-state index in [-0.39, 0.29) is 5.91 Å². The van der Waals surface area contributed by atoms with Crippen molar-refractivity contribution in [3.8, 4) is 5.69 Å². The Bertz CT molecular complexity index is 869. The van der Waals surface area contributed by atoms with Crippen molar-refractivity contribution in [3.63, 3.8) is 0 Å². The Balaban J connectivity index is 1.35. The van der Waals surface area contributed by atoms with Crippen LogP contribution in [0.15, 0.2) is 24.5 Å². The highest BCUT2D eigenvalue weighted by atomic mass is 35.5. The maximum atomic E-state index is 12.7. The van der Waals surface area contributed by atoms with Crippen molar-refractivity contribution >= 4 is 17.7 Å². The SMILES string of the molecule is Cc1cc(-n2cc3c(n2)CCN(CC(=O)N(Cl)CC2CCCCN2C)C3)ccn1. The number of rotatable bonds is 5. The summed E-state index contributed by atoms with van der Waals surface area (Å²) in [4.78, 5) is 21.4. The van der Waals surface area contributed by atoms with E-state index in [1.807, 2.05) is 23.7 Å². The summed E-state index contributed by atoms with van der Waals surface area (Å²) in [5.41, 5.74) is 4.26. The fourth-order valence-corrected chi connectivity index (χ4v) is 4.45. The van der Waals surface area contributed by atoms with Crippen LogP contribution in [0.4, 0.5) is 0 Å². The van der Waals surface area contributed by atoms with E-state index in [4.69, 9.17) is 16.9 Å². The van der Waals surface area contributed by atoms with Gasteiger partial charge in [-0.05, 0) is 45.5 Å². The van der Waals surface area contributed by atoms with Gasteiger partial charge in [-0.1, -0.05) is 6.42 Å². The summed E-state index contributed by atoms with van der Waals surface area (Å²) in [6.45, 7) is 5.54. The van der Waals surface area contributed by atoms with Crippen molar-refractivity contribution < 1.29 is 4.79 Å². The standard InChI is InChI=1S/C21H29ClN6O/c1-16-11-18(6-8-23-16)28-13-17-12-26(10-7-20(17)24-28)15-21(29)27(22)14-19-5-3-4-9-25(19)2/h6,8,11,13,19H,3-5,7,9-10,12,14-15H2,1-2H3. The predicted octanol–water partition coefficient (Wildman–Crippen LogP) is 2.40. The minimum Gasteiger partial charge on any atom is -0.302 e. The Morgan fingerprint density at radius 2 is 2.21 bits per heavy atom. The molecule has 0 N–H and O–H groups in total. The van der Waals surface area contributed by atoms with Gasteiger partial charge in [-0.3, -0.25) is 19.1 Å². The number of hydrogen-bond donors (Lipinski definition) is 0. The van der Waals surface area contributed by atoms with E-state index in [1.165, 1.54) is 22.8 Å². The van der Waals surface area contributed by atoms with Crippen molar-refractivity contribution in [2.24, 2.45) is 0 Å². The molecule has 0 aliphatic carbocycles. The molecule has 2 aliphatic rings. The monoisotopic (exact) mass is 416 g/mol. The summed E-state index contributed by atoms with van der Waals surface area (Å²) in [5, 5.41) is 4.73. The van der Waals surface area contributed by atoms with E-state index < -0.39 is 0 Å². The van der Waals surface area contributed by atoms with Crippen LogP contribution in [0.5, 0.6) is 0 Å². The molecule has 4 rings (SSSR count). The van der Waals surface area contributed by atoms with Crippen LogP contribution in [-0.2, 0) is 17.8 Å². The summed E-state index contributed by atoms with van der Waals surface area (Å²) in [5.74, 6) is -0.0220. The van der Waals surface area contributed by atoms with Gasteiger partial charge in [-0.15, -0.1) is 0 Å². The number of fused-ring (bicyclic) bond motifs is 1. The van der Waals surface area contributed by atoms with Crippen molar-refractivity contribution in [1.29, 1.82) is 0 Å². The Morgan fingerprint density at radius 3 is 3.00 bits per heavy atom. The number of hydrogen-bond acceptors (Lipinski definition) is 5. The molecule has 0 radical (unpaired) electrons. The summed E-state index contributed by atoms with van der Waals surface area (Å²) >= 11 is 6.36. The van der Waals surface area contributed by atoms with E-state index in [2.05, 4.69) is 28.0 Å². The van der Waals surface area contributed by atoms with Gasteiger partial charge in [0.25, 0.3) is 5.91 Å². The minimum atomic E-state index is -0.0220. The van der Waals surface area contributed by atoms with Gasteiger partial charge in [-0.25, -0.2) is 4.68 Å². The number of amides is 1. The van der Waals surface area contributed by atoms with Gasteiger partial charge in [0.15, 0.2) is 0 Å². The lowest BCUT2D eigenvalue weighted by molar-refractivity contribution is -0.128. The largest absolute Gasteiger partial charge is 0.302 e. The molecular formula is C21H29ClN6O. The first-order valence-corrected chi connectivity index (χ1v) is 10.7. The molecule has 0 bridgehead atoms. The minimum absolute atomic E-state index is 0.0220. The second-order valence-corrected chi connectivity index (χ2v) is 8.64. The summed E-state index contributed by atoms with van der Waals surface area (Å²) in [6.07, 6.45) is 8.25. The van der Waals surface area contributed by atoms with E-state index in [9.17, 15) is 4.79 Å².